The minimum absolute atomic E-state index is 0.0926. The number of amides is 2. The van der Waals surface area contributed by atoms with Crippen molar-refractivity contribution in [2.45, 2.75) is 26.1 Å². The van der Waals surface area contributed by atoms with Crippen LogP contribution in [-0.2, 0) is 9.53 Å². The summed E-state index contributed by atoms with van der Waals surface area (Å²) in [5.74, 6) is 0.0977. The summed E-state index contributed by atoms with van der Waals surface area (Å²) in [5.41, 5.74) is 4.26. The maximum absolute atomic E-state index is 12.4. The minimum Gasteiger partial charge on any atom is -0.503 e. The lowest BCUT2D eigenvalue weighted by atomic mass is 9.95. The molecule has 2 atom stereocenters. The average molecular weight is 549 g/mol. The predicted octanol–water partition coefficient (Wildman–Crippen LogP) is 2.57. The van der Waals surface area contributed by atoms with Crippen LogP contribution in [0.15, 0.2) is 46.7 Å². The molecule has 0 aromatic heterocycles. The maximum atomic E-state index is 12.4. The molecule has 0 bridgehead atoms. The number of aromatic hydroxyl groups is 1. The van der Waals surface area contributed by atoms with Crippen LogP contribution in [0.25, 0.3) is 0 Å². The van der Waals surface area contributed by atoms with Crippen molar-refractivity contribution in [2.24, 2.45) is 5.10 Å². The number of rotatable bonds is 11. The molecular weight excluding hydrogens is 520 g/mol. The van der Waals surface area contributed by atoms with E-state index in [2.05, 4.69) is 21.2 Å². The lowest BCUT2D eigenvalue weighted by Crippen LogP contribution is -2.45. The first kappa shape index (κ1) is 28.4. The van der Waals surface area contributed by atoms with E-state index >= 15 is 0 Å². The first-order valence-corrected chi connectivity index (χ1v) is 11.9. The fourth-order valence-electron chi connectivity index (χ4n) is 3.64. The van der Waals surface area contributed by atoms with Gasteiger partial charge in [0.15, 0.2) is 29.2 Å². The highest BCUT2D eigenvalue weighted by Gasteiger charge is 2.32. The van der Waals surface area contributed by atoms with Crippen molar-refractivity contribution >= 4 is 29.8 Å². The highest BCUT2D eigenvalue weighted by Crippen LogP contribution is 2.35. The number of hydrogen-bond donors (Lipinski definition) is 5. The number of hydrazone groups is 1. The number of benzene rings is 2. The molecule has 3 rings (SSSR count). The molecule has 2 aromatic carbocycles. The Morgan fingerprint density at radius 3 is 2.66 bits per heavy atom. The summed E-state index contributed by atoms with van der Waals surface area (Å²) < 4.78 is 21.3. The Morgan fingerprint density at radius 2 is 1.97 bits per heavy atom. The molecule has 0 saturated carbocycles. The van der Waals surface area contributed by atoms with Crippen molar-refractivity contribution in [1.82, 2.24) is 16.1 Å². The van der Waals surface area contributed by atoms with Crippen LogP contribution in [-0.4, -0.2) is 62.1 Å². The third-order valence-electron chi connectivity index (χ3n) is 5.38. The quantitative estimate of drug-likeness (QED) is 0.123. The number of hydrogen-bond acceptors (Lipinski definition) is 10. The van der Waals surface area contributed by atoms with E-state index in [0.29, 0.717) is 34.9 Å². The van der Waals surface area contributed by atoms with Crippen LogP contribution in [0, 0.1) is 0 Å². The van der Waals surface area contributed by atoms with Gasteiger partial charge in [0.05, 0.1) is 43.7 Å². The van der Waals surface area contributed by atoms with Gasteiger partial charge in [-0.1, -0.05) is 17.7 Å². The molecule has 12 nitrogen and oxygen atoms in total. The second-order valence-electron chi connectivity index (χ2n) is 7.97. The number of allylic oxidation sites excluding steroid dienone is 1. The summed E-state index contributed by atoms with van der Waals surface area (Å²) in [5, 5.41) is 29.4. The van der Waals surface area contributed by atoms with Gasteiger partial charge in [-0.25, -0.2) is 9.59 Å². The number of aliphatic hydroxyl groups excluding tert-OH is 1. The number of nitrogens with one attached hydrogen (secondary N) is 3. The Balaban J connectivity index is 1.70. The second kappa shape index (κ2) is 12.9. The summed E-state index contributed by atoms with van der Waals surface area (Å²) in [7, 11) is 2.66. The number of phenolic OH excluding ortho intramolecular Hbond substituents is 1. The number of carbonyl (C=O) groups is 2. The number of nitrogens with zero attached hydrogens (tertiary/aromatic N) is 1. The third-order valence-corrected chi connectivity index (χ3v) is 5.67. The van der Waals surface area contributed by atoms with Crippen molar-refractivity contribution in [3.8, 4) is 23.0 Å². The maximum Gasteiger partial charge on any atom is 0.337 e. The second-order valence-corrected chi connectivity index (χ2v) is 8.38. The van der Waals surface area contributed by atoms with Crippen LogP contribution in [0.4, 0.5) is 4.79 Å². The average Bonchev–Trinajstić information content (AvgIpc) is 2.89. The van der Waals surface area contributed by atoms with Crippen molar-refractivity contribution in [2.75, 3.05) is 27.4 Å². The Kier molecular flexibility index (Phi) is 9.63. The number of carbonyl (C=O) groups excluding carboxylic acids is 2. The molecule has 38 heavy (non-hydrogen) atoms. The van der Waals surface area contributed by atoms with E-state index in [4.69, 9.17) is 30.5 Å². The van der Waals surface area contributed by atoms with E-state index in [0.717, 1.165) is 0 Å². The molecule has 2 amide bonds. The lowest BCUT2D eigenvalue weighted by Gasteiger charge is -2.28. The molecule has 0 unspecified atom stereocenters. The van der Waals surface area contributed by atoms with Crippen molar-refractivity contribution in [3.63, 3.8) is 0 Å². The van der Waals surface area contributed by atoms with Crippen LogP contribution < -0.4 is 30.3 Å². The van der Waals surface area contributed by atoms with E-state index in [1.165, 1.54) is 32.6 Å². The Morgan fingerprint density at radius 1 is 1.21 bits per heavy atom. The van der Waals surface area contributed by atoms with Gasteiger partial charge < -0.3 is 39.8 Å². The van der Waals surface area contributed by atoms with Crippen molar-refractivity contribution in [3.05, 3.63) is 57.8 Å². The van der Waals surface area contributed by atoms with Crippen molar-refractivity contribution < 1.29 is 38.7 Å². The fraction of sp³-hybridized carbons (Fsp3) is 0.320. The number of ether oxygens (including phenoxy) is 4. The predicted molar refractivity (Wildman–Crippen MR) is 139 cm³/mol. The van der Waals surface area contributed by atoms with Gasteiger partial charge in [0.25, 0.3) is 0 Å². The van der Waals surface area contributed by atoms with Gasteiger partial charge in [-0.05, 0) is 49.2 Å². The molecule has 0 spiro atoms. The highest BCUT2D eigenvalue weighted by atomic mass is 35.5. The smallest absolute Gasteiger partial charge is 0.337 e. The molecule has 1 heterocycles. The van der Waals surface area contributed by atoms with Crippen LogP contribution in [0.5, 0.6) is 23.0 Å². The first-order chi connectivity index (χ1) is 18.2. The zero-order valence-electron chi connectivity index (χ0n) is 21.2. The van der Waals surface area contributed by atoms with Gasteiger partial charge in [0, 0.05) is 5.70 Å². The number of halogens is 1. The topological polar surface area (TPSA) is 160 Å². The standard InChI is InChI=1S/C25H29ClN4O8/c1-5-37-18-10-15(22-21(24(33)36-4)13(2)28-25(34)29-22)6-7-17(18)38-12-20(31)30-27-11-14-8-16(26)23(32)19(9-14)35-3/h6-11,20,22,30-32H,5,12H2,1-4H3,(H2,28,29,34)/b27-11-/t20-,22+/m1/s1. The normalized spacial score (nSPS) is 15.9. The molecule has 13 heteroatoms. The third kappa shape index (κ3) is 6.78. The number of phenols is 1. The molecule has 5 N–H and O–H groups in total. The molecule has 0 aliphatic carbocycles. The SMILES string of the molecule is CCOc1cc([C@@H]2NC(=O)NC(C)=C2C(=O)OC)ccc1OC[C@@H](O)N/N=C\c1cc(Cl)c(O)c(OC)c1. The molecule has 2 aromatic rings. The molecule has 204 valence electrons. The zero-order valence-corrected chi connectivity index (χ0v) is 22.0. The van der Waals surface area contributed by atoms with E-state index in [9.17, 15) is 19.8 Å². The molecule has 0 saturated heterocycles. The zero-order chi connectivity index (χ0) is 27.8. The number of methoxy groups -OCH3 is 2. The van der Waals surface area contributed by atoms with E-state index in [-0.39, 0.29) is 28.7 Å². The van der Waals surface area contributed by atoms with Crippen molar-refractivity contribution in [1.29, 1.82) is 0 Å². The number of urea groups is 1. The van der Waals surface area contributed by atoms with E-state index in [1.807, 2.05) is 0 Å². The molecule has 0 fully saturated rings. The van der Waals surface area contributed by atoms with Crippen LogP contribution in [0.2, 0.25) is 5.02 Å². The fourth-order valence-corrected chi connectivity index (χ4v) is 3.86. The van der Waals surface area contributed by atoms with Gasteiger partial charge in [-0.3, -0.25) is 5.43 Å². The van der Waals surface area contributed by atoms with E-state index < -0.39 is 24.3 Å². The largest absolute Gasteiger partial charge is 0.503 e. The van der Waals surface area contributed by atoms with Crippen LogP contribution >= 0.6 is 11.6 Å². The van der Waals surface area contributed by atoms with Gasteiger partial charge in [0.2, 0.25) is 0 Å². The van der Waals surface area contributed by atoms with Gasteiger partial charge in [-0.15, -0.1) is 0 Å². The summed E-state index contributed by atoms with van der Waals surface area (Å²) in [6, 6.07) is 6.71. The number of esters is 1. The summed E-state index contributed by atoms with van der Waals surface area (Å²) in [6.45, 7) is 3.54. The van der Waals surface area contributed by atoms with Gasteiger partial charge in [0.1, 0.15) is 6.61 Å². The lowest BCUT2D eigenvalue weighted by molar-refractivity contribution is -0.136. The molecule has 1 aliphatic heterocycles. The monoisotopic (exact) mass is 548 g/mol. The summed E-state index contributed by atoms with van der Waals surface area (Å²) in [4.78, 5) is 24.4. The highest BCUT2D eigenvalue weighted by molar-refractivity contribution is 6.32. The summed E-state index contributed by atoms with van der Waals surface area (Å²) in [6.07, 6.45) is 0.203. The van der Waals surface area contributed by atoms with E-state index in [1.54, 1.807) is 32.0 Å². The van der Waals surface area contributed by atoms with Crippen LogP contribution in [0.3, 0.4) is 0 Å². The minimum atomic E-state index is -1.19. The van der Waals surface area contributed by atoms with Gasteiger partial charge >= 0.3 is 12.0 Å². The summed E-state index contributed by atoms with van der Waals surface area (Å²) >= 11 is 5.96. The Bertz CT molecular complexity index is 1250. The van der Waals surface area contributed by atoms with Crippen LogP contribution in [0.1, 0.15) is 31.0 Å². The van der Waals surface area contributed by atoms with Gasteiger partial charge in [-0.2, -0.15) is 5.10 Å². The molecule has 1 aliphatic rings. The number of aliphatic hydroxyl groups is 1. The Labute approximate surface area is 224 Å². The molecule has 0 radical (unpaired) electrons. The molecular formula is C25H29ClN4O8. The first-order valence-electron chi connectivity index (χ1n) is 11.5. The Hall–Kier alpha value is -4.16.